The highest BCUT2D eigenvalue weighted by atomic mass is 32.1. The van der Waals surface area contributed by atoms with E-state index >= 15 is 0 Å². The lowest BCUT2D eigenvalue weighted by Gasteiger charge is -2.22. The van der Waals surface area contributed by atoms with Gasteiger partial charge in [-0.2, -0.15) is 0 Å². The van der Waals surface area contributed by atoms with Crippen molar-refractivity contribution in [2.24, 2.45) is 5.73 Å². The summed E-state index contributed by atoms with van der Waals surface area (Å²) in [5.74, 6) is 0.951. The van der Waals surface area contributed by atoms with Gasteiger partial charge in [0, 0.05) is 6.54 Å². The van der Waals surface area contributed by atoms with Crippen LogP contribution in [0.2, 0.25) is 0 Å². The third-order valence-corrected chi connectivity index (χ3v) is 3.08. The van der Waals surface area contributed by atoms with E-state index in [-0.39, 0.29) is 17.4 Å². The molecule has 0 heterocycles. The fourth-order valence-corrected chi connectivity index (χ4v) is 2.11. The normalized spacial score (nSPS) is 9.90. The van der Waals surface area contributed by atoms with Crippen LogP contribution >= 0.6 is 12.2 Å². The summed E-state index contributed by atoms with van der Waals surface area (Å²) >= 11 is 4.86. The fraction of sp³-hybridized carbons (Fsp3) is 0.429. The molecule has 0 spiro atoms. The molecule has 0 bridgehead atoms. The minimum absolute atomic E-state index is 0.210. The number of thiocarbonyl (C=S) groups is 1. The SMILES string of the molecule is CCN(CC(N)=S)C(=O)c1ccc(OC)c(OC)c1OC. The summed E-state index contributed by atoms with van der Waals surface area (Å²) in [6.07, 6.45) is 0. The minimum Gasteiger partial charge on any atom is -0.493 e. The molecule has 0 saturated heterocycles. The van der Waals surface area contributed by atoms with Crippen LogP contribution in [0.5, 0.6) is 17.2 Å². The number of methoxy groups -OCH3 is 3. The van der Waals surface area contributed by atoms with E-state index in [9.17, 15) is 4.79 Å². The summed E-state index contributed by atoms with van der Waals surface area (Å²) in [4.78, 5) is 14.4. The Kier molecular flexibility index (Phi) is 6.23. The summed E-state index contributed by atoms with van der Waals surface area (Å²) in [6, 6.07) is 3.29. The van der Waals surface area contributed by atoms with Gasteiger partial charge in [-0.1, -0.05) is 12.2 Å². The molecule has 6 nitrogen and oxygen atoms in total. The van der Waals surface area contributed by atoms with Gasteiger partial charge in [-0.3, -0.25) is 4.79 Å². The maximum absolute atomic E-state index is 12.6. The molecule has 0 radical (unpaired) electrons. The second-order valence-corrected chi connectivity index (χ2v) is 4.69. The second-order valence-electron chi connectivity index (χ2n) is 4.17. The molecular formula is C14H20N2O4S. The highest BCUT2D eigenvalue weighted by Crippen LogP contribution is 2.40. The van der Waals surface area contributed by atoms with Crippen LogP contribution in [0.15, 0.2) is 12.1 Å². The average Bonchev–Trinajstić information content (AvgIpc) is 2.49. The molecule has 0 aromatic heterocycles. The summed E-state index contributed by atoms with van der Waals surface area (Å²) in [7, 11) is 4.48. The Morgan fingerprint density at radius 2 is 1.81 bits per heavy atom. The van der Waals surface area contributed by atoms with Crippen LogP contribution in [0.1, 0.15) is 17.3 Å². The minimum atomic E-state index is -0.233. The van der Waals surface area contributed by atoms with Crippen LogP contribution in [-0.2, 0) is 0 Å². The van der Waals surface area contributed by atoms with Gasteiger partial charge in [0.05, 0.1) is 38.4 Å². The lowest BCUT2D eigenvalue weighted by molar-refractivity contribution is 0.0783. The first-order chi connectivity index (χ1) is 9.99. The summed E-state index contributed by atoms with van der Waals surface area (Å²) in [5.41, 5.74) is 5.89. The van der Waals surface area contributed by atoms with Gasteiger partial charge in [0.25, 0.3) is 5.91 Å². The molecular weight excluding hydrogens is 292 g/mol. The van der Waals surface area contributed by atoms with E-state index in [1.165, 1.54) is 26.2 Å². The predicted molar refractivity (Wildman–Crippen MR) is 84.5 cm³/mol. The first kappa shape index (κ1) is 17.0. The first-order valence-corrected chi connectivity index (χ1v) is 6.77. The Bertz CT molecular complexity index is 534. The third kappa shape index (κ3) is 3.75. The number of benzene rings is 1. The van der Waals surface area contributed by atoms with E-state index in [2.05, 4.69) is 0 Å². The van der Waals surface area contributed by atoms with E-state index in [1.54, 1.807) is 12.1 Å². The highest BCUT2D eigenvalue weighted by molar-refractivity contribution is 7.80. The number of hydrogen-bond donors (Lipinski definition) is 1. The van der Waals surface area contributed by atoms with Gasteiger partial charge in [0.1, 0.15) is 0 Å². The van der Waals surface area contributed by atoms with E-state index in [0.717, 1.165) is 0 Å². The highest BCUT2D eigenvalue weighted by Gasteiger charge is 2.24. The van der Waals surface area contributed by atoms with Gasteiger partial charge in [-0.25, -0.2) is 0 Å². The van der Waals surface area contributed by atoms with Crippen LogP contribution in [0.3, 0.4) is 0 Å². The number of nitrogens with zero attached hydrogens (tertiary/aromatic N) is 1. The van der Waals surface area contributed by atoms with Crippen molar-refractivity contribution < 1.29 is 19.0 Å². The van der Waals surface area contributed by atoms with E-state index in [4.69, 9.17) is 32.2 Å². The largest absolute Gasteiger partial charge is 0.493 e. The molecule has 0 aliphatic heterocycles. The summed E-state index contributed by atoms with van der Waals surface area (Å²) < 4.78 is 15.8. The van der Waals surface area contributed by atoms with Crippen LogP contribution in [0.25, 0.3) is 0 Å². The smallest absolute Gasteiger partial charge is 0.258 e. The lowest BCUT2D eigenvalue weighted by atomic mass is 10.1. The Morgan fingerprint density at radius 3 is 2.24 bits per heavy atom. The third-order valence-electron chi connectivity index (χ3n) is 2.95. The van der Waals surface area contributed by atoms with Gasteiger partial charge >= 0.3 is 0 Å². The number of amides is 1. The average molecular weight is 312 g/mol. The molecule has 1 aromatic rings. The van der Waals surface area contributed by atoms with E-state index in [1.807, 2.05) is 6.92 Å². The molecule has 2 N–H and O–H groups in total. The maximum Gasteiger partial charge on any atom is 0.258 e. The lowest BCUT2D eigenvalue weighted by Crippen LogP contribution is -2.37. The zero-order valence-corrected chi connectivity index (χ0v) is 13.5. The van der Waals surface area contributed by atoms with Gasteiger partial charge < -0.3 is 24.8 Å². The molecule has 1 rings (SSSR count). The first-order valence-electron chi connectivity index (χ1n) is 6.36. The van der Waals surface area contributed by atoms with Crippen LogP contribution in [0, 0.1) is 0 Å². The molecule has 21 heavy (non-hydrogen) atoms. The van der Waals surface area contributed by atoms with E-state index < -0.39 is 0 Å². The monoisotopic (exact) mass is 312 g/mol. The number of ether oxygens (including phenoxy) is 3. The van der Waals surface area contributed by atoms with Gasteiger partial charge in [-0.05, 0) is 19.1 Å². The molecule has 0 aliphatic carbocycles. The number of likely N-dealkylation sites (N-methyl/N-ethyl adjacent to an activating group) is 1. The van der Waals surface area contributed by atoms with Crippen molar-refractivity contribution in [2.45, 2.75) is 6.92 Å². The molecule has 0 atom stereocenters. The zero-order chi connectivity index (χ0) is 16.0. The Labute approximate surface area is 129 Å². The predicted octanol–water partition coefficient (Wildman–Crippen LogP) is 1.46. The van der Waals surface area contributed by atoms with Crippen LogP contribution in [0.4, 0.5) is 0 Å². The Balaban J connectivity index is 3.28. The molecule has 0 aliphatic rings. The van der Waals surface area contributed by atoms with Crippen molar-refractivity contribution in [1.82, 2.24) is 4.90 Å². The molecule has 1 amide bonds. The number of carbonyl (C=O) groups is 1. The molecule has 7 heteroatoms. The topological polar surface area (TPSA) is 74.0 Å². The van der Waals surface area contributed by atoms with Crippen LogP contribution in [-0.4, -0.2) is 50.2 Å². The number of rotatable bonds is 7. The van der Waals surface area contributed by atoms with Crippen molar-refractivity contribution in [1.29, 1.82) is 0 Å². The number of hydrogen-bond acceptors (Lipinski definition) is 5. The van der Waals surface area contributed by atoms with Crippen LogP contribution < -0.4 is 19.9 Å². The molecule has 0 fully saturated rings. The van der Waals surface area contributed by atoms with Gasteiger partial charge in [-0.15, -0.1) is 0 Å². The Morgan fingerprint density at radius 1 is 1.19 bits per heavy atom. The molecule has 116 valence electrons. The Hall–Kier alpha value is -2.02. The van der Waals surface area contributed by atoms with Crippen molar-refractivity contribution in [3.05, 3.63) is 17.7 Å². The quantitative estimate of drug-likeness (QED) is 0.768. The molecule has 1 aromatic carbocycles. The van der Waals surface area contributed by atoms with Crippen molar-refractivity contribution in [3.8, 4) is 17.2 Å². The maximum atomic E-state index is 12.6. The second kappa shape index (κ2) is 7.68. The zero-order valence-electron chi connectivity index (χ0n) is 12.6. The van der Waals surface area contributed by atoms with Gasteiger partial charge in [0.15, 0.2) is 11.5 Å². The van der Waals surface area contributed by atoms with Gasteiger partial charge in [0.2, 0.25) is 5.75 Å². The number of carbonyl (C=O) groups excluding carboxylic acids is 1. The fourth-order valence-electron chi connectivity index (χ4n) is 1.96. The molecule has 0 unspecified atom stereocenters. The van der Waals surface area contributed by atoms with Crippen molar-refractivity contribution >= 4 is 23.1 Å². The summed E-state index contributed by atoms with van der Waals surface area (Å²) in [5, 5.41) is 0. The standard InChI is InChI=1S/C14H20N2O4S/c1-5-16(8-11(15)21)14(17)9-6-7-10(18-2)13(20-4)12(9)19-3/h6-7H,5,8H2,1-4H3,(H2,15,21). The van der Waals surface area contributed by atoms with E-state index in [0.29, 0.717) is 29.4 Å². The number of nitrogens with two attached hydrogens (primary N) is 1. The van der Waals surface area contributed by atoms with Crippen molar-refractivity contribution in [3.63, 3.8) is 0 Å². The summed E-state index contributed by atoms with van der Waals surface area (Å²) in [6.45, 7) is 2.54. The molecule has 0 saturated carbocycles. The van der Waals surface area contributed by atoms with Crippen molar-refractivity contribution in [2.75, 3.05) is 34.4 Å².